The Hall–Kier alpha value is -1.90. The molecule has 2 saturated heterocycles. The monoisotopic (exact) mass is 331 g/mol. The topological polar surface area (TPSA) is 95.2 Å². The van der Waals surface area contributed by atoms with E-state index < -0.39 is 0 Å². The van der Waals surface area contributed by atoms with E-state index in [9.17, 15) is 0 Å². The summed E-state index contributed by atoms with van der Waals surface area (Å²) in [7, 11) is 0. The van der Waals surface area contributed by atoms with Gasteiger partial charge in [-0.15, -0.1) is 0 Å². The summed E-state index contributed by atoms with van der Waals surface area (Å²) in [6, 6.07) is 2.14. The van der Waals surface area contributed by atoms with Crippen LogP contribution in [0.1, 0.15) is 31.6 Å². The third kappa shape index (κ3) is 3.45. The van der Waals surface area contributed by atoms with Gasteiger partial charge in [0.15, 0.2) is 0 Å². The van der Waals surface area contributed by atoms with Crippen LogP contribution >= 0.6 is 0 Å². The summed E-state index contributed by atoms with van der Waals surface area (Å²) in [5.74, 6) is 1.44. The molecule has 0 bridgehead atoms. The van der Waals surface area contributed by atoms with E-state index in [0.717, 1.165) is 45.5 Å². The Labute approximate surface area is 140 Å². The van der Waals surface area contributed by atoms with Gasteiger partial charge in [0.05, 0.1) is 12.1 Å². The fourth-order valence-electron chi connectivity index (χ4n) is 3.36. The maximum Gasteiger partial charge on any atom is 0.241 e. The Balaban J connectivity index is 1.34. The molecular formula is C16H21N5O3. The molecule has 2 aromatic heterocycles. The van der Waals surface area contributed by atoms with Crippen LogP contribution in [0, 0.1) is 0 Å². The zero-order valence-electron chi connectivity index (χ0n) is 13.5. The van der Waals surface area contributed by atoms with Crippen LogP contribution in [0.4, 0.5) is 0 Å². The maximum atomic E-state index is 6.06. The summed E-state index contributed by atoms with van der Waals surface area (Å²) in [5.41, 5.74) is -0.0218. The quantitative estimate of drug-likeness (QED) is 0.897. The first-order chi connectivity index (χ1) is 11.8. The van der Waals surface area contributed by atoms with E-state index in [0.29, 0.717) is 30.1 Å². The maximum absolute atomic E-state index is 6.06. The van der Waals surface area contributed by atoms with Gasteiger partial charge < -0.3 is 19.3 Å². The first-order valence-corrected chi connectivity index (χ1v) is 8.38. The van der Waals surface area contributed by atoms with Gasteiger partial charge in [-0.05, 0) is 31.7 Å². The summed E-state index contributed by atoms with van der Waals surface area (Å²) in [6.45, 7) is 2.90. The van der Waals surface area contributed by atoms with E-state index in [1.807, 2.05) is 0 Å². The molecule has 0 saturated carbocycles. The van der Waals surface area contributed by atoms with Gasteiger partial charge in [0, 0.05) is 38.3 Å². The third-order valence-corrected chi connectivity index (χ3v) is 4.67. The molecule has 2 aliphatic heterocycles. The predicted octanol–water partition coefficient (Wildman–Crippen LogP) is 1.34. The van der Waals surface area contributed by atoms with Crippen molar-refractivity contribution in [2.24, 2.45) is 0 Å². The van der Waals surface area contributed by atoms with Gasteiger partial charge in [-0.3, -0.25) is 0 Å². The first kappa shape index (κ1) is 15.6. The van der Waals surface area contributed by atoms with Crippen LogP contribution in [0.5, 0.6) is 0 Å². The molecule has 4 heterocycles. The van der Waals surface area contributed by atoms with E-state index in [-0.39, 0.29) is 5.60 Å². The molecule has 1 N–H and O–H groups in total. The fourth-order valence-corrected chi connectivity index (χ4v) is 3.36. The number of hydrogen-bond donors (Lipinski definition) is 1. The molecule has 1 unspecified atom stereocenters. The standard InChI is InChI=1S/C16H21N5O3/c1-5-17-14(18-6-1)15-20-13(24-21-15)11-19-12-2-7-23-16(10-12)3-8-22-9-4-16/h1,5-6,12,19H,2-4,7-11H2. The van der Waals surface area contributed by atoms with Gasteiger partial charge in [-0.2, -0.15) is 4.98 Å². The second-order valence-corrected chi connectivity index (χ2v) is 6.30. The van der Waals surface area contributed by atoms with E-state index in [4.69, 9.17) is 14.0 Å². The molecule has 128 valence electrons. The van der Waals surface area contributed by atoms with Crippen LogP contribution in [0.3, 0.4) is 0 Å². The van der Waals surface area contributed by atoms with Crippen molar-refractivity contribution in [3.05, 3.63) is 24.4 Å². The second kappa shape index (κ2) is 6.92. The van der Waals surface area contributed by atoms with Crippen molar-refractivity contribution in [2.75, 3.05) is 19.8 Å². The number of nitrogens with one attached hydrogen (secondary N) is 1. The molecule has 4 rings (SSSR count). The van der Waals surface area contributed by atoms with Crippen LogP contribution in [0.25, 0.3) is 11.6 Å². The smallest absolute Gasteiger partial charge is 0.241 e. The second-order valence-electron chi connectivity index (χ2n) is 6.30. The lowest BCUT2D eigenvalue weighted by molar-refractivity contribution is -0.140. The van der Waals surface area contributed by atoms with E-state index in [2.05, 4.69) is 25.4 Å². The number of rotatable bonds is 4. The molecule has 0 aliphatic carbocycles. The zero-order chi connectivity index (χ0) is 16.2. The lowest BCUT2D eigenvalue weighted by atomic mass is 9.84. The van der Waals surface area contributed by atoms with Gasteiger partial charge in [0.25, 0.3) is 0 Å². The van der Waals surface area contributed by atoms with Crippen molar-refractivity contribution in [3.8, 4) is 11.6 Å². The minimum Gasteiger partial charge on any atom is -0.381 e. The molecule has 2 aliphatic rings. The summed E-state index contributed by atoms with van der Waals surface area (Å²) in [4.78, 5) is 12.6. The molecule has 0 amide bonds. The Kier molecular flexibility index (Phi) is 4.50. The van der Waals surface area contributed by atoms with Crippen LogP contribution in [-0.2, 0) is 16.0 Å². The highest BCUT2D eigenvalue weighted by atomic mass is 16.5. The fraction of sp³-hybridized carbons (Fsp3) is 0.625. The predicted molar refractivity (Wildman–Crippen MR) is 83.9 cm³/mol. The Bertz CT molecular complexity index is 651. The minimum atomic E-state index is -0.0218. The van der Waals surface area contributed by atoms with Crippen molar-refractivity contribution in [1.82, 2.24) is 25.4 Å². The van der Waals surface area contributed by atoms with Crippen molar-refractivity contribution < 1.29 is 14.0 Å². The van der Waals surface area contributed by atoms with Crippen LogP contribution in [0.2, 0.25) is 0 Å². The SMILES string of the molecule is c1cnc(-c2noc(CNC3CCOC4(CCOCC4)C3)n2)nc1. The van der Waals surface area contributed by atoms with E-state index in [1.165, 1.54) is 0 Å². The number of nitrogens with zero attached hydrogens (tertiary/aromatic N) is 4. The summed E-state index contributed by atoms with van der Waals surface area (Å²) < 4.78 is 16.8. The molecule has 8 heteroatoms. The normalized spacial score (nSPS) is 23.4. The first-order valence-electron chi connectivity index (χ1n) is 8.38. The van der Waals surface area contributed by atoms with Crippen LogP contribution in [-0.4, -0.2) is 51.6 Å². The van der Waals surface area contributed by atoms with Gasteiger partial charge in [-0.1, -0.05) is 5.16 Å². The summed E-state index contributed by atoms with van der Waals surface area (Å²) in [5, 5.41) is 7.46. The number of ether oxygens (including phenoxy) is 2. The lowest BCUT2D eigenvalue weighted by Crippen LogP contribution is -2.49. The van der Waals surface area contributed by atoms with E-state index >= 15 is 0 Å². The van der Waals surface area contributed by atoms with Crippen molar-refractivity contribution in [1.29, 1.82) is 0 Å². The van der Waals surface area contributed by atoms with Crippen LogP contribution < -0.4 is 5.32 Å². The molecular weight excluding hydrogens is 310 g/mol. The number of aromatic nitrogens is 4. The van der Waals surface area contributed by atoms with Gasteiger partial charge >= 0.3 is 0 Å². The Morgan fingerprint density at radius 2 is 1.96 bits per heavy atom. The highest BCUT2D eigenvalue weighted by Crippen LogP contribution is 2.34. The van der Waals surface area contributed by atoms with Gasteiger partial charge in [-0.25, -0.2) is 9.97 Å². The van der Waals surface area contributed by atoms with Gasteiger partial charge in [0.1, 0.15) is 0 Å². The molecule has 2 fully saturated rings. The molecule has 0 radical (unpaired) electrons. The molecule has 0 aromatic carbocycles. The number of hydrogen-bond acceptors (Lipinski definition) is 8. The summed E-state index contributed by atoms with van der Waals surface area (Å²) in [6.07, 6.45) is 7.25. The summed E-state index contributed by atoms with van der Waals surface area (Å²) >= 11 is 0. The zero-order valence-corrected chi connectivity index (χ0v) is 13.5. The van der Waals surface area contributed by atoms with Crippen LogP contribution in [0.15, 0.2) is 23.0 Å². The highest BCUT2D eigenvalue weighted by molar-refractivity contribution is 5.40. The molecule has 8 nitrogen and oxygen atoms in total. The molecule has 24 heavy (non-hydrogen) atoms. The Morgan fingerprint density at radius 3 is 2.79 bits per heavy atom. The highest BCUT2D eigenvalue weighted by Gasteiger charge is 2.38. The molecule has 2 aromatic rings. The third-order valence-electron chi connectivity index (χ3n) is 4.67. The largest absolute Gasteiger partial charge is 0.381 e. The molecule has 1 spiro atoms. The average molecular weight is 331 g/mol. The van der Waals surface area contributed by atoms with E-state index in [1.54, 1.807) is 18.5 Å². The average Bonchev–Trinajstić information content (AvgIpc) is 3.11. The molecule has 1 atom stereocenters. The van der Waals surface area contributed by atoms with Crippen molar-refractivity contribution in [2.45, 2.75) is 43.9 Å². The van der Waals surface area contributed by atoms with Crippen molar-refractivity contribution >= 4 is 0 Å². The van der Waals surface area contributed by atoms with Crippen molar-refractivity contribution in [3.63, 3.8) is 0 Å². The van der Waals surface area contributed by atoms with Gasteiger partial charge in [0.2, 0.25) is 17.5 Å². The minimum absolute atomic E-state index is 0.0218. The lowest BCUT2D eigenvalue weighted by Gasteiger charge is -2.43. The Morgan fingerprint density at radius 1 is 1.12 bits per heavy atom.